The lowest BCUT2D eigenvalue weighted by Crippen LogP contribution is -2.32. The normalized spacial score (nSPS) is 12.1. The third kappa shape index (κ3) is 3.63. The van der Waals surface area contributed by atoms with Crippen LogP contribution in [0, 0.1) is 0 Å². The molecule has 0 aliphatic rings. The number of nitrogens with one attached hydrogen (secondary N) is 1. The standard InChI is InChI=1S/C13H14N2O2S/c16-13(14-9-11-6-7-15-17-11)12(18)8-10-4-2-1-3-5-10/h1-7,12,18H,8-9H2,(H,14,16). The van der Waals surface area contributed by atoms with Gasteiger partial charge in [-0.05, 0) is 12.0 Å². The van der Waals surface area contributed by atoms with Gasteiger partial charge in [0, 0.05) is 6.07 Å². The third-order valence-electron chi connectivity index (χ3n) is 2.50. The average Bonchev–Trinajstić information content (AvgIpc) is 2.90. The van der Waals surface area contributed by atoms with Crippen LogP contribution in [-0.2, 0) is 17.8 Å². The summed E-state index contributed by atoms with van der Waals surface area (Å²) in [6.45, 7) is 0.338. The van der Waals surface area contributed by atoms with Gasteiger partial charge in [-0.3, -0.25) is 4.79 Å². The molecule has 1 aromatic heterocycles. The Bertz CT molecular complexity index is 485. The molecule has 5 heteroatoms. The summed E-state index contributed by atoms with van der Waals surface area (Å²) < 4.78 is 4.89. The summed E-state index contributed by atoms with van der Waals surface area (Å²) >= 11 is 4.31. The van der Waals surface area contributed by atoms with Crippen molar-refractivity contribution in [2.75, 3.05) is 0 Å². The minimum atomic E-state index is -0.365. The number of thiol groups is 1. The van der Waals surface area contributed by atoms with Gasteiger partial charge in [0.05, 0.1) is 18.0 Å². The quantitative estimate of drug-likeness (QED) is 0.808. The molecule has 1 aromatic carbocycles. The molecule has 0 saturated carbocycles. The van der Waals surface area contributed by atoms with Gasteiger partial charge in [-0.2, -0.15) is 12.6 Å². The Balaban J connectivity index is 1.82. The van der Waals surface area contributed by atoms with Crippen LogP contribution in [0.5, 0.6) is 0 Å². The highest BCUT2D eigenvalue weighted by Crippen LogP contribution is 2.08. The van der Waals surface area contributed by atoms with Crippen molar-refractivity contribution in [3.05, 3.63) is 53.9 Å². The highest BCUT2D eigenvalue weighted by Gasteiger charge is 2.14. The van der Waals surface area contributed by atoms with Crippen molar-refractivity contribution in [2.45, 2.75) is 18.2 Å². The van der Waals surface area contributed by atoms with Gasteiger partial charge in [-0.25, -0.2) is 0 Å². The van der Waals surface area contributed by atoms with Gasteiger partial charge in [-0.1, -0.05) is 35.5 Å². The summed E-state index contributed by atoms with van der Waals surface area (Å²) in [4.78, 5) is 11.8. The summed E-state index contributed by atoms with van der Waals surface area (Å²) in [6.07, 6.45) is 2.15. The Morgan fingerprint density at radius 1 is 1.33 bits per heavy atom. The molecule has 1 unspecified atom stereocenters. The van der Waals surface area contributed by atoms with Crippen LogP contribution in [0.25, 0.3) is 0 Å². The number of hydrogen-bond donors (Lipinski definition) is 2. The van der Waals surface area contributed by atoms with Crippen LogP contribution in [0.15, 0.2) is 47.1 Å². The van der Waals surface area contributed by atoms with Crippen LogP contribution in [0.1, 0.15) is 11.3 Å². The highest BCUT2D eigenvalue weighted by molar-refractivity contribution is 7.81. The number of benzene rings is 1. The molecule has 2 rings (SSSR count). The van der Waals surface area contributed by atoms with Crippen molar-refractivity contribution >= 4 is 18.5 Å². The van der Waals surface area contributed by atoms with Crippen LogP contribution in [0.3, 0.4) is 0 Å². The molecule has 18 heavy (non-hydrogen) atoms. The van der Waals surface area contributed by atoms with Crippen molar-refractivity contribution in [2.24, 2.45) is 0 Å². The van der Waals surface area contributed by atoms with E-state index < -0.39 is 0 Å². The van der Waals surface area contributed by atoms with E-state index in [1.54, 1.807) is 12.3 Å². The van der Waals surface area contributed by atoms with Crippen molar-refractivity contribution in [3.63, 3.8) is 0 Å². The predicted octanol–water partition coefficient (Wildman–Crippen LogP) is 1.83. The average molecular weight is 262 g/mol. The lowest BCUT2D eigenvalue weighted by atomic mass is 10.1. The molecular weight excluding hydrogens is 248 g/mol. The summed E-state index contributed by atoms with van der Waals surface area (Å²) in [5, 5.41) is 5.96. The topological polar surface area (TPSA) is 55.1 Å². The molecule has 2 aromatic rings. The molecule has 0 aliphatic carbocycles. The lowest BCUT2D eigenvalue weighted by Gasteiger charge is -2.10. The Kier molecular flexibility index (Phi) is 4.41. The number of carbonyl (C=O) groups excluding carboxylic acids is 1. The van der Waals surface area contributed by atoms with Gasteiger partial charge in [-0.15, -0.1) is 0 Å². The van der Waals surface area contributed by atoms with Crippen LogP contribution < -0.4 is 5.32 Å². The molecule has 1 atom stereocenters. The van der Waals surface area contributed by atoms with E-state index >= 15 is 0 Å². The van der Waals surface area contributed by atoms with E-state index in [0.29, 0.717) is 18.7 Å². The Morgan fingerprint density at radius 3 is 2.78 bits per heavy atom. The number of aromatic nitrogens is 1. The summed E-state index contributed by atoms with van der Waals surface area (Å²) in [6, 6.07) is 11.5. The van der Waals surface area contributed by atoms with Gasteiger partial charge in [0.1, 0.15) is 0 Å². The van der Waals surface area contributed by atoms with E-state index in [0.717, 1.165) is 5.56 Å². The highest BCUT2D eigenvalue weighted by atomic mass is 32.1. The van der Waals surface area contributed by atoms with E-state index in [1.807, 2.05) is 30.3 Å². The van der Waals surface area contributed by atoms with Crippen LogP contribution in [-0.4, -0.2) is 16.3 Å². The molecule has 0 aliphatic heterocycles. The van der Waals surface area contributed by atoms with Gasteiger partial charge in [0.2, 0.25) is 5.91 Å². The first-order valence-electron chi connectivity index (χ1n) is 5.65. The first-order chi connectivity index (χ1) is 8.75. The number of nitrogens with zero attached hydrogens (tertiary/aromatic N) is 1. The molecule has 94 valence electrons. The minimum Gasteiger partial charge on any atom is -0.360 e. The third-order valence-corrected chi connectivity index (χ3v) is 2.92. The fraction of sp³-hybridized carbons (Fsp3) is 0.231. The number of amides is 1. The van der Waals surface area contributed by atoms with Gasteiger partial charge in [0.15, 0.2) is 5.76 Å². The monoisotopic (exact) mass is 262 g/mol. The molecule has 1 heterocycles. The van der Waals surface area contributed by atoms with Crippen LogP contribution >= 0.6 is 12.6 Å². The molecule has 1 amide bonds. The van der Waals surface area contributed by atoms with E-state index in [-0.39, 0.29) is 11.2 Å². The van der Waals surface area contributed by atoms with Crippen molar-refractivity contribution in [1.29, 1.82) is 0 Å². The largest absolute Gasteiger partial charge is 0.360 e. The zero-order valence-electron chi connectivity index (χ0n) is 9.74. The maximum atomic E-state index is 11.8. The zero-order valence-corrected chi connectivity index (χ0v) is 10.6. The maximum Gasteiger partial charge on any atom is 0.233 e. The number of rotatable bonds is 5. The molecule has 0 fully saturated rings. The van der Waals surface area contributed by atoms with Crippen molar-refractivity contribution < 1.29 is 9.32 Å². The Labute approximate surface area is 111 Å². The lowest BCUT2D eigenvalue weighted by molar-refractivity contribution is -0.120. The zero-order chi connectivity index (χ0) is 12.8. The molecule has 0 saturated heterocycles. The molecule has 0 radical (unpaired) electrons. The smallest absolute Gasteiger partial charge is 0.233 e. The first kappa shape index (κ1) is 12.7. The number of carbonyl (C=O) groups is 1. The Hall–Kier alpha value is -1.75. The molecule has 0 bridgehead atoms. The van der Waals surface area contributed by atoms with E-state index in [4.69, 9.17) is 4.52 Å². The second-order valence-corrected chi connectivity index (χ2v) is 4.53. The maximum absolute atomic E-state index is 11.8. The summed E-state index contributed by atoms with van der Waals surface area (Å²) in [5.74, 6) is 0.516. The van der Waals surface area contributed by atoms with Gasteiger partial charge in [0.25, 0.3) is 0 Å². The fourth-order valence-corrected chi connectivity index (χ4v) is 1.86. The SMILES string of the molecule is O=C(NCc1ccno1)C(S)Cc1ccccc1. The molecule has 1 N–H and O–H groups in total. The summed E-state index contributed by atoms with van der Waals surface area (Å²) in [5.41, 5.74) is 1.09. The van der Waals surface area contributed by atoms with Crippen molar-refractivity contribution in [1.82, 2.24) is 10.5 Å². The predicted molar refractivity (Wildman–Crippen MR) is 71.3 cm³/mol. The first-order valence-corrected chi connectivity index (χ1v) is 6.16. The second kappa shape index (κ2) is 6.26. The molecule has 0 spiro atoms. The fourth-order valence-electron chi connectivity index (χ4n) is 1.56. The number of hydrogen-bond acceptors (Lipinski definition) is 4. The van der Waals surface area contributed by atoms with Crippen LogP contribution in [0.2, 0.25) is 0 Å². The van der Waals surface area contributed by atoms with Crippen LogP contribution in [0.4, 0.5) is 0 Å². The Morgan fingerprint density at radius 2 is 2.11 bits per heavy atom. The minimum absolute atomic E-state index is 0.112. The van der Waals surface area contributed by atoms with E-state index in [9.17, 15) is 4.79 Å². The molecule has 4 nitrogen and oxygen atoms in total. The molecular formula is C13H14N2O2S. The van der Waals surface area contributed by atoms with Gasteiger partial charge >= 0.3 is 0 Å². The van der Waals surface area contributed by atoms with Gasteiger partial charge < -0.3 is 9.84 Å². The van der Waals surface area contributed by atoms with E-state index in [2.05, 4.69) is 23.1 Å². The second-order valence-electron chi connectivity index (χ2n) is 3.90. The van der Waals surface area contributed by atoms with Crippen molar-refractivity contribution in [3.8, 4) is 0 Å². The van der Waals surface area contributed by atoms with E-state index in [1.165, 1.54) is 0 Å². The summed E-state index contributed by atoms with van der Waals surface area (Å²) in [7, 11) is 0.